The van der Waals surface area contributed by atoms with Gasteiger partial charge in [0.05, 0.1) is 18.9 Å². The number of nitrogen functional groups attached to an aromatic ring is 1. The number of anilines is 2. The second-order valence-corrected chi connectivity index (χ2v) is 5.82. The largest absolute Gasteiger partial charge is 0.378 e. The molecular formula is C16H18N8O2. The monoisotopic (exact) mass is 354 g/mol. The summed E-state index contributed by atoms with van der Waals surface area (Å²) < 4.78 is 7.23. The molecule has 0 spiro atoms. The van der Waals surface area contributed by atoms with Crippen molar-refractivity contribution >= 4 is 23.3 Å². The van der Waals surface area contributed by atoms with Crippen molar-refractivity contribution in [2.24, 2.45) is 0 Å². The predicted molar refractivity (Wildman–Crippen MR) is 94.8 cm³/mol. The number of morpholine rings is 1. The first-order chi connectivity index (χ1) is 12.7. The summed E-state index contributed by atoms with van der Waals surface area (Å²) >= 11 is 0. The van der Waals surface area contributed by atoms with Gasteiger partial charge in [-0.25, -0.2) is 19.9 Å². The summed E-state index contributed by atoms with van der Waals surface area (Å²) in [5.74, 6) is 0.643. The van der Waals surface area contributed by atoms with Crippen LogP contribution in [0.3, 0.4) is 0 Å². The number of fused-ring (bicyclic) bond motifs is 1. The van der Waals surface area contributed by atoms with Crippen molar-refractivity contribution in [1.29, 1.82) is 0 Å². The van der Waals surface area contributed by atoms with Crippen LogP contribution >= 0.6 is 0 Å². The van der Waals surface area contributed by atoms with E-state index in [0.717, 1.165) is 5.56 Å². The predicted octanol–water partition coefficient (Wildman–Crippen LogP) is -0.0353. The molecule has 0 atom stereocenters. The minimum Gasteiger partial charge on any atom is -0.378 e. The van der Waals surface area contributed by atoms with Gasteiger partial charge in [-0.2, -0.15) is 0 Å². The van der Waals surface area contributed by atoms with Crippen LogP contribution in [0.1, 0.15) is 10.5 Å². The van der Waals surface area contributed by atoms with Gasteiger partial charge >= 0.3 is 0 Å². The summed E-state index contributed by atoms with van der Waals surface area (Å²) in [7, 11) is 1.57. The van der Waals surface area contributed by atoms with Crippen molar-refractivity contribution < 1.29 is 9.53 Å². The van der Waals surface area contributed by atoms with E-state index in [-0.39, 0.29) is 11.9 Å². The molecule has 10 nitrogen and oxygen atoms in total. The van der Waals surface area contributed by atoms with Crippen molar-refractivity contribution in [3.05, 3.63) is 30.5 Å². The molecule has 0 saturated carbocycles. The minimum absolute atomic E-state index is 0.202. The molecule has 10 heteroatoms. The highest BCUT2D eigenvalue weighted by Crippen LogP contribution is 2.25. The average molecular weight is 354 g/mol. The molecule has 4 heterocycles. The molecule has 1 amide bonds. The topological polar surface area (TPSA) is 124 Å². The van der Waals surface area contributed by atoms with Gasteiger partial charge in [0, 0.05) is 50.5 Å². The number of rotatable bonds is 3. The second-order valence-electron chi connectivity index (χ2n) is 5.82. The molecule has 0 aliphatic carbocycles. The van der Waals surface area contributed by atoms with Gasteiger partial charge < -0.3 is 25.1 Å². The van der Waals surface area contributed by atoms with Crippen LogP contribution in [-0.2, 0) is 4.74 Å². The van der Waals surface area contributed by atoms with E-state index in [2.05, 4.69) is 25.2 Å². The number of aromatic nitrogens is 5. The number of amides is 1. The third-order valence-corrected chi connectivity index (χ3v) is 4.16. The molecule has 0 aromatic carbocycles. The van der Waals surface area contributed by atoms with E-state index in [4.69, 9.17) is 15.5 Å². The summed E-state index contributed by atoms with van der Waals surface area (Å²) in [5.41, 5.74) is 7.91. The molecule has 3 aromatic heterocycles. The van der Waals surface area contributed by atoms with Crippen molar-refractivity contribution in [3.63, 3.8) is 0 Å². The molecule has 3 N–H and O–H groups in total. The highest BCUT2D eigenvalue weighted by molar-refractivity contribution is 5.93. The van der Waals surface area contributed by atoms with Crippen LogP contribution in [0.2, 0.25) is 0 Å². The lowest BCUT2D eigenvalue weighted by Crippen LogP contribution is -2.37. The van der Waals surface area contributed by atoms with Crippen LogP contribution in [0.5, 0.6) is 0 Å². The van der Waals surface area contributed by atoms with Crippen molar-refractivity contribution in [2.45, 2.75) is 0 Å². The van der Waals surface area contributed by atoms with Crippen LogP contribution in [0, 0.1) is 0 Å². The molecule has 1 fully saturated rings. The van der Waals surface area contributed by atoms with Crippen molar-refractivity contribution in [2.75, 3.05) is 44.0 Å². The smallest absolute Gasteiger partial charge is 0.271 e. The molecular weight excluding hydrogens is 336 g/mol. The van der Waals surface area contributed by atoms with Gasteiger partial charge in [-0.05, 0) is 0 Å². The first-order valence-electron chi connectivity index (χ1n) is 8.18. The summed E-state index contributed by atoms with van der Waals surface area (Å²) in [4.78, 5) is 31.4. The lowest BCUT2D eigenvalue weighted by atomic mass is 10.2. The number of hydrogen-bond acceptors (Lipinski definition) is 8. The lowest BCUT2D eigenvalue weighted by Gasteiger charge is -2.28. The zero-order valence-corrected chi connectivity index (χ0v) is 14.2. The van der Waals surface area contributed by atoms with Gasteiger partial charge in [-0.15, -0.1) is 0 Å². The molecule has 4 rings (SSSR count). The molecule has 1 aliphatic heterocycles. The molecule has 0 bridgehead atoms. The Kier molecular flexibility index (Phi) is 4.09. The molecule has 134 valence electrons. The van der Waals surface area contributed by atoms with Crippen LogP contribution in [0.15, 0.2) is 24.8 Å². The standard InChI is InChI=1S/C16H18N8O2/c1-18-15(25)12-9-24-8-11(10-6-19-16(17)20-7-10)21-13(14(24)22-12)23-2-4-26-5-3-23/h6-9H,2-5H2,1H3,(H,18,25)(H2,17,19,20). The third kappa shape index (κ3) is 2.90. The maximum atomic E-state index is 12.0. The summed E-state index contributed by atoms with van der Waals surface area (Å²) in [6.45, 7) is 2.64. The lowest BCUT2D eigenvalue weighted by molar-refractivity contribution is 0.0958. The Morgan fingerprint density at radius 2 is 1.92 bits per heavy atom. The van der Waals surface area contributed by atoms with Crippen LogP contribution in [0.25, 0.3) is 16.9 Å². The number of nitrogens with zero attached hydrogens (tertiary/aromatic N) is 6. The van der Waals surface area contributed by atoms with E-state index in [9.17, 15) is 4.79 Å². The minimum atomic E-state index is -0.251. The Hall–Kier alpha value is -3.27. The normalized spacial score (nSPS) is 14.6. The molecule has 26 heavy (non-hydrogen) atoms. The van der Waals surface area contributed by atoms with Gasteiger partial charge in [0.1, 0.15) is 5.69 Å². The number of nitrogens with two attached hydrogens (primary N) is 1. The van der Waals surface area contributed by atoms with Crippen molar-refractivity contribution in [3.8, 4) is 11.3 Å². The molecule has 1 saturated heterocycles. The van der Waals surface area contributed by atoms with Crippen LogP contribution < -0.4 is 16.0 Å². The summed E-state index contributed by atoms with van der Waals surface area (Å²) in [6.07, 6.45) is 6.72. The Labute approximate surface area is 149 Å². The SMILES string of the molecule is CNC(=O)c1cn2cc(-c3cnc(N)nc3)nc(N3CCOCC3)c2n1. The molecule has 0 radical (unpaired) electrons. The number of nitrogens with one attached hydrogen (secondary N) is 1. The highest BCUT2D eigenvalue weighted by atomic mass is 16.5. The number of imidazole rings is 1. The fourth-order valence-corrected chi connectivity index (χ4v) is 2.82. The van der Waals surface area contributed by atoms with E-state index in [1.165, 1.54) is 0 Å². The first-order valence-corrected chi connectivity index (χ1v) is 8.18. The van der Waals surface area contributed by atoms with Crippen LogP contribution in [0.4, 0.5) is 11.8 Å². The number of carbonyl (C=O) groups excluding carboxylic acids is 1. The number of ether oxygens (including phenoxy) is 1. The average Bonchev–Trinajstić information content (AvgIpc) is 3.12. The van der Waals surface area contributed by atoms with E-state index in [1.807, 2.05) is 0 Å². The zero-order chi connectivity index (χ0) is 18.1. The quantitative estimate of drug-likeness (QED) is 0.672. The Balaban J connectivity index is 1.87. The Morgan fingerprint density at radius 1 is 1.19 bits per heavy atom. The van der Waals surface area contributed by atoms with Gasteiger partial charge in [-0.1, -0.05) is 0 Å². The fourth-order valence-electron chi connectivity index (χ4n) is 2.82. The number of carbonyl (C=O) groups is 1. The van der Waals surface area contributed by atoms with E-state index >= 15 is 0 Å². The van der Waals surface area contributed by atoms with E-state index < -0.39 is 0 Å². The van der Waals surface area contributed by atoms with Gasteiger partial charge in [0.15, 0.2) is 11.5 Å². The maximum absolute atomic E-state index is 12.0. The Morgan fingerprint density at radius 3 is 2.62 bits per heavy atom. The molecule has 0 unspecified atom stereocenters. The number of hydrogen-bond donors (Lipinski definition) is 2. The van der Waals surface area contributed by atoms with Crippen LogP contribution in [-0.4, -0.2) is 63.6 Å². The van der Waals surface area contributed by atoms with Crippen molar-refractivity contribution in [1.82, 2.24) is 29.7 Å². The second kappa shape index (κ2) is 6.56. The third-order valence-electron chi connectivity index (χ3n) is 4.16. The zero-order valence-electron chi connectivity index (χ0n) is 14.2. The summed E-state index contributed by atoms with van der Waals surface area (Å²) in [5, 5.41) is 2.59. The molecule has 1 aliphatic rings. The maximum Gasteiger partial charge on any atom is 0.271 e. The highest BCUT2D eigenvalue weighted by Gasteiger charge is 2.21. The summed E-state index contributed by atoms with van der Waals surface area (Å²) in [6, 6.07) is 0. The van der Waals surface area contributed by atoms with Gasteiger partial charge in [0.25, 0.3) is 5.91 Å². The van der Waals surface area contributed by atoms with E-state index in [1.54, 1.807) is 36.2 Å². The van der Waals surface area contributed by atoms with Gasteiger partial charge in [-0.3, -0.25) is 4.79 Å². The first kappa shape index (κ1) is 16.2. The Bertz CT molecular complexity index is 947. The molecule has 3 aromatic rings. The fraction of sp³-hybridized carbons (Fsp3) is 0.312. The van der Waals surface area contributed by atoms with E-state index in [0.29, 0.717) is 49.2 Å². The van der Waals surface area contributed by atoms with Gasteiger partial charge in [0.2, 0.25) is 5.95 Å².